The first-order valence-corrected chi connectivity index (χ1v) is 5.62. The van der Waals surface area contributed by atoms with Crippen molar-refractivity contribution in [1.82, 2.24) is 4.98 Å². The number of halogens is 1. The number of nitrogens with zero attached hydrogens (tertiary/aromatic N) is 1. The lowest BCUT2D eigenvalue weighted by Gasteiger charge is -2.07. The van der Waals surface area contributed by atoms with E-state index in [1.165, 1.54) is 12.3 Å². The summed E-state index contributed by atoms with van der Waals surface area (Å²) in [5, 5.41) is 8.89. The Morgan fingerprint density at radius 3 is 2.82 bits per heavy atom. The maximum Gasteiger partial charge on any atom is 0.337 e. The van der Waals surface area contributed by atoms with Crippen LogP contribution in [0.2, 0.25) is 5.02 Å². The first-order chi connectivity index (χ1) is 8.15. The zero-order valence-electron chi connectivity index (χ0n) is 9.48. The minimum Gasteiger partial charge on any atom is -0.478 e. The van der Waals surface area contributed by atoms with Gasteiger partial charge in [0, 0.05) is 12.8 Å². The van der Waals surface area contributed by atoms with Crippen LogP contribution in [0, 0.1) is 0 Å². The Hall–Kier alpha value is -1.33. The fourth-order valence-electron chi connectivity index (χ4n) is 1.09. The third kappa shape index (κ3) is 4.58. The van der Waals surface area contributed by atoms with Gasteiger partial charge in [-0.3, -0.25) is 0 Å². The number of hydrogen-bond donors (Lipinski definition) is 1. The van der Waals surface area contributed by atoms with E-state index in [4.69, 9.17) is 26.2 Å². The zero-order chi connectivity index (χ0) is 12.7. The second kappa shape index (κ2) is 7.09. The maximum atomic E-state index is 10.6. The first kappa shape index (κ1) is 13.7. The maximum absolute atomic E-state index is 10.6. The summed E-state index contributed by atoms with van der Waals surface area (Å²) in [5.41, 5.74) is 0.0320. The summed E-state index contributed by atoms with van der Waals surface area (Å²) in [6.45, 7) is 3.48. The molecule has 1 aromatic rings. The molecule has 0 aromatic carbocycles. The predicted octanol–water partition coefficient (Wildman–Crippen LogP) is 2.24. The molecular weight excluding hydrogens is 246 g/mol. The van der Waals surface area contributed by atoms with Crippen molar-refractivity contribution >= 4 is 17.6 Å². The second-order valence-electron chi connectivity index (χ2n) is 3.28. The number of hydrogen-bond acceptors (Lipinski definition) is 4. The Bertz CT molecular complexity index is 384. The van der Waals surface area contributed by atoms with Gasteiger partial charge in [-0.25, -0.2) is 9.78 Å². The van der Waals surface area contributed by atoms with Crippen LogP contribution in [0.25, 0.3) is 0 Å². The molecule has 0 bridgehead atoms. The van der Waals surface area contributed by atoms with Crippen LogP contribution < -0.4 is 4.74 Å². The summed E-state index contributed by atoms with van der Waals surface area (Å²) in [5.74, 6) is -0.853. The molecule has 1 heterocycles. The van der Waals surface area contributed by atoms with Crippen LogP contribution in [0.1, 0.15) is 23.7 Å². The number of aromatic nitrogens is 1. The third-order valence-corrected chi connectivity index (χ3v) is 2.14. The molecule has 0 fully saturated rings. The Labute approximate surface area is 104 Å². The molecule has 0 radical (unpaired) electrons. The van der Waals surface area contributed by atoms with Crippen molar-refractivity contribution in [3.63, 3.8) is 0 Å². The highest BCUT2D eigenvalue weighted by atomic mass is 35.5. The average Bonchev–Trinajstić information content (AvgIpc) is 2.30. The van der Waals surface area contributed by atoms with Gasteiger partial charge < -0.3 is 14.6 Å². The van der Waals surface area contributed by atoms with Crippen LogP contribution >= 0.6 is 11.6 Å². The largest absolute Gasteiger partial charge is 0.478 e. The van der Waals surface area contributed by atoms with E-state index < -0.39 is 5.97 Å². The van der Waals surface area contributed by atoms with Gasteiger partial charge in [-0.1, -0.05) is 18.5 Å². The topological polar surface area (TPSA) is 68.7 Å². The van der Waals surface area contributed by atoms with E-state index in [0.29, 0.717) is 19.8 Å². The number of pyridine rings is 1. The van der Waals surface area contributed by atoms with E-state index in [-0.39, 0.29) is 16.5 Å². The van der Waals surface area contributed by atoms with Gasteiger partial charge in [0.25, 0.3) is 0 Å². The van der Waals surface area contributed by atoms with Crippen molar-refractivity contribution in [2.75, 3.05) is 19.8 Å². The standard InChI is InChI=1S/C11H14ClNO4/c1-2-3-16-4-5-17-10-9(12)6-8(7-13-10)11(14)15/h6-7H,2-5H2,1H3,(H,14,15). The van der Waals surface area contributed by atoms with E-state index in [9.17, 15) is 4.79 Å². The molecule has 6 heteroatoms. The van der Waals surface area contributed by atoms with E-state index >= 15 is 0 Å². The molecule has 1 aromatic heterocycles. The molecular formula is C11H14ClNO4. The monoisotopic (exact) mass is 259 g/mol. The van der Waals surface area contributed by atoms with Gasteiger partial charge >= 0.3 is 5.97 Å². The van der Waals surface area contributed by atoms with Crippen molar-refractivity contribution in [3.05, 3.63) is 22.8 Å². The van der Waals surface area contributed by atoms with Gasteiger partial charge in [0.2, 0.25) is 5.88 Å². The summed E-state index contributed by atoms with van der Waals surface area (Å²) in [6.07, 6.45) is 2.16. The van der Waals surface area contributed by atoms with Crippen LogP contribution in [0.5, 0.6) is 5.88 Å². The van der Waals surface area contributed by atoms with Gasteiger partial charge in [-0.05, 0) is 12.5 Å². The normalized spacial score (nSPS) is 10.2. The van der Waals surface area contributed by atoms with Crippen molar-refractivity contribution < 1.29 is 19.4 Å². The van der Waals surface area contributed by atoms with Crippen LogP contribution in [0.15, 0.2) is 12.3 Å². The summed E-state index contributed by atoms with van der Waals surface area (Å²) in [6, 6.07) is 1.30. The van der Waals surface area contributed by atoms with E-state index in [0.717, 1.165) is 6.42 Å². The number of carboxylic acids is 1. The minimum absolute atomic E-state index is 0.0320. The number of aromatic carboxylic acids is 1. The molecule has 94 valence electrons. The summed E-state index contributed by atoms with van der Waals surface area (Å²) in [4.78, 5) is 14.5. The Morgan fingerprint density at radius 2 is 2.24 bits per heavy atom. The van der Waals surface area contributed by atoms with E-state index in [2.05, 4.69) is 4.98 Å². The Morgan fingerprint density at radius 1 is 1.47 bits per heavy atom. The summed E-state index contributed by atoms with van der Waals surface area (Å²) >= 11 is 5.82. The molecule has 0 saturated heterocycles. The average molecular weight is 260 g/mol. The first-order valence-electron chi connectivity index (χ1n) is 5.24. The Balaban J connectivity index is 2.46. The smallest absolute Gasteiger partial charge is 0.337 e. The molecule has 0 aliphatic heterocycles. The molecule has 0 aliphatic carbocycles. The van der Waals surface area contributed by atoms with Crippen LogP contribution in [0.3, 0.4) is 0 Å². The van der Waals surface area contributed by atoms with E-state index in [1.54, 1.807) is 0 Å². The lowest BCUT2D eigenvalue weighted by molar-refractivity contribution is 0.0696. The van der Waals surface area contributed by atoms with Gasteiger partial charge in [0.15, 0.2) is 0 Å². The highest BCUT2D eigenvalue weighted by molar-refractivity contribution is 6.32. The fourth-order valence-corrected chi connectivity index (χ4v) is 1.31. The van der Waals surface area contributed by atoms with Crippen LogP contribution in [-0.2, 0) is 4.74 Å². The van der Waals surface area contributed by atoms with Gasteiger partial charge in [0.05, 0.1) is 12.2 Å². The van der Waals surface area contributed by atoms with E-state index in [1.807, 2.05) is 6.92 Å². The van der Waals surface area contributed by atoms with Crippen molar-refractivity contribution in [3.8, 4) is 5.88 Å². The van der Waals surface area contributed by atoms with Crippen molar-refractivity contribution in [2.24, 2.45) is 0 Å². The summed E-state index contributed by atoms with van der Waals surface area (Å²) < 4.78 is 10.5. The molecule has 1 rings (SSSR count). The highest BCUT2D eigenvalue weighted by Gasteiger charge is 2.09. The molecule has 0 saturated carbocycles. The van der Waals surface area contributed by atoms with Crippen molar-refractivity contribution in [1.29, 1.82) is 0 Å². The van der Waals surface area contributed by atoms with Crippen molar-refractivity contribution in [2.45, 2.75) is 13.3 Å². The molecule has 5 nitrogen and oxygen atoms in total. The predicted molar refractivity (Wildman–Crippen MR) is 62.8 cm³/mol. The molecule has 0 amide bonds. The number of carbonyl (C=O) groups is 1. The molecule has 0 spiro atoms. The number of carboxylic acid groups (broad SMARTS) is 1. The lowest BCUT2D eigenvalue weighted by Crippen LogP contribution is -2.08. The van der Waals surface area contributed by atoms with Crippen LogP contribution in [-0.4, -0.2) is 35.9 Å². The fraction of sp³-hybridized carbons (Fsp3) is 0.455. The molecule has 0 atom stereocenters. The van der Waals surface area contributed by atoms with Gasteiger partial charge in [0.1, 0.15) is 11.6 Å². The SMILES string of the molecule is CCCOCCOc1ncc(C(=O)O)cc1Cl. The third-order valence-electron chi connectivity index (χ3n) is 1.87. The number of rotatable bonds is 7. The number of ether oxygens (including phenoxy) is 2. The Kier molecular flexibility index (Phi) is 5.72. The zero-order valence-corrected chi connectivity index (χ0v) is 10.2. The van der Waals surface area contributed by atoms with Crippen LogP contribution in [0.4, 0.5) is 0 Å². The summed E-state index contributed by atoms with van der Waals surface area (Å²) in [7, 11) is 0. The molecule has 1 N–H and O–H groups in total. The molecule has 0 aliphatic rings. The second-order valence-corrected chi connectivity index (χ2v) is 3.68. The highest BCUT2D eigenvalue weighted by Crippen LogP contribution is 2.22. The molecule has 17 heavy (non-hydrogen) atoms. The lowest BCUT2D eigenvalue weighted by atomic mass is 10.3. The quantitative estimate of drug-likeness (QED) is 0.761. The molecule has 0 unspecified atom stereocenters. The minimum atomic E-state index is -1.07. The van der Waals surface area contributed by atoms with Gasteiger partial charge in [-0.2, -0.15) is 0 Å². The van der Waals surface area contributed by atoms with Gasteiger partial charge in [-0.15, -0.1) is 0 Å².